The zero-order chi connectivity index (χ0) is 14.7. The smallest absolute Gasteiger partial charge is 0.354 e. The number of anilines is 1. The SMILES string of the molecule is Cc1cc(NC(=O)c2ccc(C(=O)O)nc2)ccc1F. The van der Waals surface area contributed by atoms with Crippen molar-refractivity contribution in [2.75, 3.05) is 5.32 Å². The van der Waals surface area contributed by atoms with E-state index in [4.69, 9.17) is 5.11 Å². The predicted octanol–water partition coefficient (Wildman–Crippen LogP) is 2.48. The van der Waals surface area contributed by atoms with E-state index in [-0.39, 0.29) is 17.1 Å². The second-order valence-corrected chi connectivity index (χ2v) is 4.16. The molecule has 0 saturated carbocycles. The summed E-state index contributed by atoms with van der Waals surface area (Å²) in [6, 6.07) is 6.82. The zero-order valence-corrected chi connectivity index (χ0v) is 10.6. The Morgan fingerprint density at radius 2 is 2.00 bits per heavy atom. The van der Waals surface area contributed by atoms with Crippen LogP contribution in [0.15, 0.2) is 36.5 Å². The molecule has 102 valence electrons. The summed E-state index contributed by atoms with van der Waals surface area (Å²) in [6.07, 6.45) is 1.18. The van der Waals surface area contributed by atoms with E-state index in [0.717, 1.165) is 0 Å². The fourth-order valence-corrected chi connectivity index (χ4v) is 1.58. The van der Waals surface area contributed by atoms with E-state index < -0.39 is 11.9 Å². The van der Waals surface area contributed by atoms with Crippen LogP contribution in [0.2, 0.25) is 0 Å². The molecule has 0 aliphatic rings. The maximum absolute atomic E-state index is 13.1. The molecule has 0 saturated heterocycles. The number of benzene rings is 1. The summed E-state index contributed by atoms with van der Waals surface area (Å²) in [5, 5.41) is 11.3. The summed E-state index contributed by atoms with van der Waals surface area (Å²) in [6.45, 7) is 1.59. The van der Waals surface area contributed by atoms with Crippen LogP contribution < -0.4 is 5.32 Å². The van der Waals surface area contributed by atoms with E-state index in [1.165, 1.54) is 36.5 Å². The average molecular weight is 274 g/mol. The van der Waals surface area contributed by atoms with Crippen LogP contribution in [0, 0.1) is 12.7 Å². The lowest BCUT2D eigenvalue weighted by molar-refractivity contribution is 0.0690. The van der Waals surface area contributed by atoms with Gasteiger partial charge >= 0.3 is 5.97 Å². The minimum absolute atomic E-state index is 0.140. The quantitative estimate of drug-likeness (QED) is 0.901. The lowest BCUT2D eigenvalue weighted by atomic mass is 10.2. The number of aromatic carboxylic acids is 1. The molecule has 0 bridgehead atoms. The second kappa shape index (κ2) is 5.48. The number of halogens is 1. The van der Waals surface area contributed by atoms with Gasteiger partial charge in [0, 0.05) is 11.9 Å². The van der Waals surface area contributed by atoms with Crippen LogP contribution >= 0.6 is 0 Å². The summed E-state index contributed by atoms with van der Waals surface area (Å²) >= 11 is 0. The van der Waals surface area contributed by atoms with Crippen molar-refractivity contribution in [1.29, 1.82) is 0 Å². The number of amides is 1. The number of pyridine rings is 1. The van der Waals surface area contributed by atoms with Gasteiger partial charge < -0.3 is 10.4 Å². The van der Waals surface area contributed by atoms with Crippen molar-refractivity contribution in [3.8, 4) is 0 Å². The van der Waals surface area contributed by atoms with Crippen LogP contribution in [0.1, 0.15) is 26.4 Å². The number of carbonyl (C=O) groups excluding carboxylic acids is 1. The molecule has 2 aromatic rings. The van der Waals surface area contributed by atoms with Gasteiger partial charge in [0.1, 0.15) is 11.5 Å². The van der Waals surface area contributed by atoms with E-state index in [1.807, 2.05) is 0 Å². The van der Waals surface area contributed by atoms with Gasteiger partial charge in [-0.15, -0.1) is 0 Å². The molecule has 2 rings (SSSR count). The number of aryl methyl sites for hydroxylation is 1. The molecule has 6 heteroatoms. The molecule has 0 spiro atoms. The molecule has 0 fully saturated rings. The van der Waals surface area contributed by atoms with Gasteiger partial charge in [0.05, 0.1) is 5.56 Å². The molecular weight excluding hydrogens is 263 g/mol. The molecule has 1 aromatic heterocycles. The van der Waals surface area contributed by atoms with E-state index in [2.05, 4.69) is 10.3 Å². The highest BCUT2D eigenvalue weighted by atomic mass is 19.1. The van der Waals surface area contributed by atoms with Gasteiger partial charge in [0.25, 0.3) is 5.91 Å². The van der Waals surface area contributed by atoms with Crippen molar-refractivity contribution in [3.05, 3.63) is 59.2 Å². The van der Waals surface area contributed by atoms with Crippen LogP contribution in [0.5, 0.6) is 0 Å². The topological polar surface area (TPSA) is 79.3 Å². The molecule has 1 aromatic carbocycles. The molecule has 2 N–H and O–H groups in total. The fourth-order valence-electron chi connectivity index (χ4n) is 1.58. The molecule has 1 amide bonds. The third-order valence-electron chi connectivity index (χ3n) is 2.66. The first-order chi connectivity index (χ1) is 9.47. The summed E-state index contributed by atoms with van der Waals surface area (Å²) in [5.41, 5.74) is 0.953. The minimum atomic E-state index is -1.16. The summed E-state index contributed by atoms with van der Waals surface area (Å²) in [7, 11) is 0. The molecular formula is C14H11FN2O3. The van der Waals surface area contributed by atoms with Gasteiger partial charge in [-0.3, -0.25) is 4.79 Å². The predicted molar refractivity (Wildman–Crippen MR) is 70.3 cm³/mol. The molecule has 0 unspecified atom stereocenters. The summed E-state index contributed by atoms with van der Waals surface area (Å²) < 4.78 is 13.1. The monoisotopic (exact) mass is 274 g/mol. The third kappa shape index (κ3) is 2.97. The molecule has 1 heterocycles. The maximum atomic E-state index is 13.1. The number of carbonyl (C=O) groups is 2. The van der Waals surface area contributed by atoms with Gasteiger partial charge in [-0.25, -0.2) is 14.2 Å². The summed E-state index contributed by atoms with van der Waals surface area (Å²) in [5.74, 6) is -1.96. The van der Waals surface area contributed by atoms with Crippen LogP contribution in [0.25, 0.3) is 0 Å². The number of nitrogens with zero attached hydrogens (tertiary/aromatic N) is 1. The second-order valence-electron chi connectivity index (χ2n) is 4.16. The van der Waals surface area contributed by atoms with Crippen molar-refractivity contribution in [2.24, 2.45) is 0 Å². The van der Waals surface area contributed by atoms with Gasteiger partial charge in [0.2, 0.25) is 0 Å². The van der Waals surface area contributed by atoms with Crippen molar-refractivity contribution in [2.45, 2.75) is 6.92 Å². The lowest BCUT2D eigenvalue weighted by Gasteiger charge is -2.06. The third-order valence-corrected chi connectivity index (χ3v) is 2.66. The fraction of sp³-hybridized carbons (Fsp3) is 0.0714. The molecule has 0 atom stereocenters. The van der Waals surface area contributed by atoms with E-state index in [1.54, 1.807) is 6.92 Å². The maximum Gasteiger partial charge on any atom is 0.354 e. The van der Waals surface area contributed by atoms with Gasteiger partial charge in [-0.1, -0.05) is 0 Å². The molecule has 0 aliphatic carbocycles. The number of hydrogen-bond acceptors (Lipinski definition) is 3. The Kier molecular flexibility index (Phi) is 3.74. The number of carboxylic acid groups (broad SMARTS) is 1. The summed E-state index contributed by atoms with van der Waals surface area (Å²) in [4.78, 5) is 26.2. The molecule has 0 radical (unpaired) electrons. The molecule has 20 heavy (non-hydrogen) atoms. The van der Waals surface area contributed by atoms with Crippen LogP contribution in [0.3, 0.4) is 0 Å². The van der Waals surface area contributed by atoms with Crippen LogP contribution in [0.4, 0.5) is 10.1 Å². The van der Waals surface area contributed by atoms with Gasteiger partial charge in [-0.2, -0.15) is 0 Å². The average Bonchev–Trinajstić information content (AvgIpc) is 2.43. The Morgan fingerprint density at radius 3 is 2.55 bits per heavy atom. The van der Waals surface area contributed by atoms with Crippen LogP contribution in [-0.2, 0) is 0 Å². The lowest BCUT2D eigenvalue weighted by Crippen LogP contribution is -2.13. The number of hydrogen-bond donors (Lipinski definition) is 2. The van der Waals surface area contributed by atoms with Gasteiger partial charge in [0.15, 0.2) is 0 Å². The van der Waals surface area contributed by atoms with E-state index in [9.17, 15) is 14.0 Å². The number of rotatable bonds is 3. The first-order valence-corrected chi connectivity index (χ1v) is 5.74. The van der Waals surface area contributed by atoms with Crippen molar-refractivity contribution >= 4 is 17.6 Å². The van der Waals surface area contributed by atoms with Crippen molar-refractivity contribution in [1.82, 2.24) is 4.98 Å². The Bertz CT molecular complexity index is 669. The van der Waals surface area contributed by atoms with Crippen molar-refractivity contribution in [3.63, 3.8) is 0 Å². The largest absolute Gasteiger partial charge is 0.477 e. The Hall–Kier alpha value is -2.76. The number of carboxylic acids is 1. The Labute approximate surface area is 114 Å². The highest BCUT2D eigenvalue weighted by Crippen LogP contribution is 2.14. The minimum Gasteiger partial charge on any atom is -0.477 e. The zero-order valence-electron chi connectivity index (χ0n) is 10.6. The van der Waals surface area contributed by atoms with Crippen molar-refractivity contribution < 1.29 is 19.1 Å². The Balaban J connectivity index is 2.15. The number of nitrogens with one attached hydrogen (secondary N) is 1. The first kappa shape index (κ1) is 13.7. The standard InChI is InChI=1S/C14H11FN2O3/c1-8-6-10(3-4-11(8)15)17-13(18)9-2-5-12(14(19)20)16-7-9/h2-7H,1H3,(H,17,18)(H,19,20). The van der Waals surface area contributed by atoms with Gasteiger partial charge in [-0.05, 0) is 42.8 Å². The highest BCUT2D eigenvalue weighted by molar-refractivity contribution is 6.04. The van der Waals surface area contributed by atoms with E-state index in [0.29, 0.717) is 11.3 Å². The molecule has 5 nitrogen and oxygen atoms in total. The molecule has 0 aliphatic heterocycles. The van der Waals surface area contributed by atoms with E-state index >= 15 is 0 Å². The normalized spacial score (nSPS) is 10.1. The number of aromatic nitrogens is 1. The highest BCUT2D eigenvalue weighted by Gasteiger charge is 2.10. The first-order valence-electron chi connectivity index (χ1n) is 5.74. The van der Waals surface area contributed by atoms with Crippen LogP contribution in [-0.4, -0.2) is 22.0 Å². The Morgan fingerprint density at radius 1 is 1.25 bits per heavy atom.